The van der Waals surface area contributed by atoms with Gasteiger partial charge in [0.15, 0.2) is 5.16 Å². The second kappa shape index (κ2) is 8.70. The van der Waals surface area contributed by atoms with E-state index in [1.807, 2.05) is 0 Å². The molecule has 0 radical (unpaired) electrons. The van der Waals surface area contributed by atoms with E-state index in [4.69, 9.17) is 0 Å². The van der Waals surface area contributed by atoms with Crippen LogP contribution >= 0.6 is 11.8 Å². The standard InChI is InChI=1S/C20H18N4O4S/c1-3-10-23-19(26)14-6-4-5-7-15(14)22-20(23)29-12-18(25)21-16-9-8-13(2)11-17(16)24(27)28/h3-9,11H,1,10,12H2,2H3,(H,21,25). The van der Waals surface area contributed by atoms with Crippen LogP contribution in [-0.4, -0.2) is 26.1 Å². The van der Waals surface area contributed by atoms with Crippen molar-refractivity contribution in [2.45, 2.75) is 18.6 Å². The molecule has 9 heteroatoms. The quantitative estimate of drug-likeness (QED) is 0.210. The molecule has 0 atom stereocenters. The van der Waals surface area contributed by atoms with Gasteiger partial charge < -0.3 is 5.32 Å². The van der Waals surface area contributed by atoms with Gasteiger partial charge in [0.2, 0.25) is 5.91 Å². The molecule has 0 saturated heterocycles. The third-order valence-corrected chi connectivity index (χ3v) is 5.07. The fourth-order valence-electron chi connectivity index (χ4n) is 2.76. The summed E-state index contributed by atoms with van der Waals surface area (Å²) in [5, 5.41) is 14.6. The summed E-state index contributed by atoms with van der Waals surface area (Å²) in [6, 6.07) is 11.6. The normalized spacial score (nSPS) is 10.7. The van der Waals surface area contributed by atoms with E-state index in [1.54, 1.807) is 43.3 Å². The Morgan fingerprint density at radius 3 is 2.83 bits per heavy atom. The number of hydrogen-bond donors (Lipinski definition) is 1. The summed E-state index contributed by atoms with van der Waals surface area (Å²) in [4.78, 5) is 40.2. The van der Waals surface area contributed by atoms with Crippen LogP contribution in [-0.2, 0) is 11.3 Å². The first-order valence-electron chi connectivity index (χ1n) is 8.69. The number of carbonyl (C=O) groups is 1. The number of nitro groups is 1. The van der Waals surface area contributed by atoms with E-state index in [9.17, 15) is 19.7 Å². The number of hydrogen-bond acceptors (Lipinski definition) is 6. The van der Waals surface area contributed by atoms with Crippen LogP contribution in [0.3, 0.4) is 0 Å². The maximum Gasteiger partial charge on any atom is 0.293 e. The summed E-state index contributed by atoms with van der Waals surface area (Å²) >= 11 is 1.08. The third kappa shape index (κ3) is 4.52. The van der Waals surface area contributed by atoms with Gasteiger partial charge in [-0.1, -0.05) is 36.0 Å². The molecule has 0 aliphatic carbocycles. The topological polar surface area (TPSA) is 107 Å². The number of nitrogens with one attached hydrogen (secondary N) is 1. The predicted molar refractivity (Wildman–Crippen MR) is 113 cm³/mol. The Morgan fingerprint density at radius 1 is 1.34 bits per heavy atom. The largest absolute Gasteiger partial charge is 0.320 e. The Balaban J connectivity index is 1.83. The minimum absolute atomic E-state index is 0.0625. The van der Waals surface area contributed by atoms with Gasteiger partial charge in [0.25, 0.3) is 11.2 Å². The van der Waals surface area contributed by atoms with Gasteiger partial charge in [-0.15, -0.1) is 6.58 Å². The summed E-state index contributed by atoms with van der Waals surface area (Å²) in [6.07, 6.45) is 1.58. The lowest BCUT2D eigenvalue weighted by Crippen LogP contribution is -2.23. The first-order chi connectivity index (χ1) is 13.9. The first kappa shape index (κ1) is 20.3. The molecule has 1 aromatic heterocycles. The van der Waals surface area contributed by atoms with Gasteiger partial charge in [0, 0.05) is 12.6 Å². The Labute approximate surface area is 170 Å². The van der Waals surface area contributed by atoms with E-state index in [2.05, 4.69) is 16.9 Å². The average Bonchev–Trinajstić information content (AvgIpc) is 2.70. The zero-order chi connectivity index (χ0) is 21.0. The van der Waals surface area contributed by atoms with E-state index >= 15 is 0 Å². The fourth-order valence-corrected chi connectivity index (χ4v) is 3.57. The minimum Gasteiger partial charge on any atom is -0.320 e. The molecule has 0 saturated carbocycles. The molecular weight excluding hydrogens is 392 g/mol. The second-order valence-electron chi connectivity index (χ2n) is 6.23. The van der Waals surface area contributed by atoms with Crippen LogP contribution in [0.4, 0.5) is 11.4 Å². The van der Waals surface area contributed by atoms with Crippen molar-refractivity contribution in [2.75, 3.05) is 11.1 Å². The van der Waals surface area contributed by atoms with Crippen molar-refractivity contribution in [2.24, 2.45) is 0 Å². The molecule has 0 fully saturated rings. The van der Waals surface area contributed by atoms with Gasteiger partial charge in [-0.25, -0.2) is 4.98 Å². The van der Waals surface area contributed by atoms with Crippen LogP contribution in [0.1, 0.15) is 5.56 Å². The van der Waals surface area contributed by atoms with Crippen molar-refractivity contribution < 1.29 is 9.72 Å². The molecule has 148 valence electrons. The SMILES string of the molecule is C=CCn1c(SCC(=O)Nc2ccc(C)cc2[N+](=O)[O-])nc2ccccc2c1=O. The van der Waals surface area contributed by atoms with Crippen molar-refractivity contribution in [1.29, 1.82) is 0 Å². The molecule has 3 aromatic rings. The maximum absolute atomic E-state index is 12.7. The minimum atomic E-state index is -0.539. The highest BCUT2D eigenvalue weighted by Gasteiger charge is 2.17. The van der Waals surface area contributed by atoms with Crippen LogP contribution in [0.15, 0.2) is 65.1 Å². The molecule has 0 aliphatic rings. The molecule has 0 unspecified atom stereocenters. The second-order valence-corrected chi connectivity index (χ2v) is 7.17. The molecular formula is C20H18N4O4S. The lowest BCUT2D eigenvalue weighted by Gasteiger charge is -2.11. The molecule has 3 rings (SSSR count). The number of benzene rings is 2. The zero-order valence-corrected chi connectivity index (χ0v) is 16.4. The summed E-state index contributed by atoms with van der Waals surface area (Å²) in [7, 11) is 0. The number of nitro benzene ring substituents is 1. The summed E-state index contributed by atoms with van der Waals surface area (Å²) in [5.41, 5.74) is 0.997. The predicted octanol–water partition coefficient (Wildman–Crippen LogP) is 3.53. The van der Waals surface area contributed by atoms with Gasteiger partial charge in [-0.05, 0) is 30.7 Å². The lowest BCUT2D eigenvalue weighted by molar-refractivity contribution is -0.384. The van der Waals surface area contributed by atoms with Gasteiger partial charge in [-0.3, -0.25) is 24.3 Å². The van der Waals surface area contributed by atoms with Gasteiger partial charge in [0.1, 0.15) is 5.69 Å². The summed E-state index contributed by atoms with van der Waals surface area (Å²) in [5.74, 6) is -0.498. The summed E-state index contributed by atoms with van der Waals surface area (Å²) in [6.45, 7) is 5.65. The van der Waals surface area contributed by atoms with E-state index in [0.29, 0.717) is 16.1 Å². The van der Waals surface area contributed by atoms with Crippen molar-refractivity contribution in [1.82, 2.24) is 9.55 Å². The number of nitrogens with zero attached hydrogens (tertiary/aromatic N) is 3. The van der Waals surface area contributed by atoms with Gasteiger partial charge in [-0.2, -0.15) is 0 Å². The lowest BCUT2D eigenvalue weighted by atomic mass is 10.2. The Kier molecular flexibility index (Phi) is 6.08. The van der Waals surface area contributed by atoms with E-state index in [1.165, 1.54) is 16.7 Å². The van der Waals surface area contributed by atoms with E-state index in [0.717, 1.165) is 17.3 Å². The van der Waals surface area contributed by atoms with Crippen molar-refractivity contribution >= 4 is 39.9 Å². The zero-order valence-electron chi connectivity index (χ0n) is 15.6. The van der Waals surface area contributed by atoms with E-state index < -0.39 is 10.8 Å². The number of amides is 1. The maximum atomic E-state index is 12.7. The number of anilines is 1. The Morgan fingerprint density at radius 2 is 2.10 bits per heavy atom. The Hall–Kier alpha value is -3.46. The molecule has 0 aliphatic heterocycles. The third-order valence-electron chi connectivity index (χ3n) is 4.09. The number of rotatable bonds is 7. The summed E-state index contributed by atoms with van der Waals surface area (Å²) < 4.78 is 1.45. The number of aromatic nitrogens is 2. The first-order valence-corrected chi connectivity index (χ1v) is 9.67. The van der Waals surface area contributed by atoms with Crippen LogP contribution < -0.4 is 10.9 Å². The average molecular weight is 410 g/mol. The molecule has 2 aromatic carbocycles. The number of aryl methyl sites for hydroxylation is 1. The number of para-hydroxylation sites is 1. The Bertz CT molecular complexity index is 1170. The smallest absolute Gasteiger partial charge is 0.293 e. The monoisotopic (exact) mass is 410 g/mol. The van der Waals surface area contributed by atoms with Crippen LogP contribution in [0.25, 0.3) is 10.9 Å². The van der Waals surface area contributed by atoms with Crippen LogP contribution in [0.2, 0.25) is 0 Å². The molecule has 1 amide bonds. The van der Waals surface area contributed by atoms with Gasteiger partial charge in [0.05, 0.1) is 21.6 Å². The highest BCUT2D eigenvalue weighted by atomic mass is 32.2. The fraction of sp³-hybridized carbons (Fsp3) is 0.150. The molecule has 0 bridgehead atoms. The molecule has 1 N–H and O–H groups in total. The number of carbonyl (C=O) groups excluding carboxylic acids is 1. The number of thioether (sulfide) groups is 1. The van der Waals surface area contributed by atoms with E-state index in [-0.39, 0.29) is 29.2 Å². The van der Waals surface area contributed by atoms with Crippen molar-refractivity contribution in [3.05, 3.63) is 81.2 Å². The van der Waals surface area contributed by atoms with Gasteiger partial charge >= 0.3 is 0 Å². The number of allylic oxidation sites excluding steroid dienone is 1. The highest BCUT2D eigenvalue weighted by molar-refractivity contribution is 7.99. The van der Waals surface area contributed by atoms with Crippen LogP contribution in [0.5, 0.6) is 0 Å². The number of fused-ring (bicyclic) bond motifs is 1. The molecule has 29 heavy (non-hydrogen) atoms. The highest BCUT2D eigenvalue weighted by Crippen LogP contribution is 2.26. The van der Waals surface area contributed by atoms with Crippen molar-refractivity contribution in [3.8, 4) is 0 Å². The van der Waals surface area contributed by atoms with Crippen LogP contribution in [0, 0.1) is 17.0 Å². The molecule has 8 nitrogen and oxygen atoms in total. The molecule has 1 heterocycles. The van der Waals surface area contributed by atoms with Crippen molar-refractivity contribution in [3.63, 3.8) is 0 Å². The molecule has 0 spiro atoms.